The molecule has 13 heavy (non-hydrogen) atoms. The third-order valence-electron chi connectivity index (χ3n) is 1.62. The van der Waals surface area contributed by atoms with Crippen molar-refractivity contribution in [1.29, 1.82) is 5.26 Å². The second kappa shape index (κ2) is 5.87. The maximum atomic E-state index is 8.77. The molecule has 0 aliphatic carbocycles. The maximum absolute atomic E-state index is 8.77. The van der Waals surface area contributed by atoms with E-state index in [9.17, 15) is 0 Å². The molecule has 1 aromatic rings. The molecule has 0 saturated carbocycles. The van der Waals surface area contributed by atoms with Gasteiger partial charge in [-0.1, -0.05) is 6.07 Å². The summed E-state index contributed by atoms with van der Waals surface area (Å²) >= 11 is 1.58. The van der Waals surface area contributed by atoms with E-state index in [4.69, 9.17) is 11.0 Å². The van der Waals surface area contributed by atoms with Gasteiger partial charge in [-0.2, -0.15) is 5.26 Å². The summed E-state index contributed by atoms with van der Waals surface area (Å²) in [6.07, 6.45) is 1.96. The Bertz CT molecular complexity index is 320. The highest BCUT2D eigenvalue weighted by Gasteiger charge is 2.00. The van der Waals surface area contributed by atoms with Crippen LogP contribution in [0.4, 0.5) is 0 Å². The van der Waals surface area contributed by atoms with Gasteiger partial charge in [-0.05, 0) is 24.0 Å². The van der Waals surface area contributed by atoms with Crippen molar-refractivity contribution in [2.24, 2.45) is 5.73 Å². The first-order valence-electron chi connectivity index (χ1n) is 3.59. The Morgan fingerprint density at radius 1 is 1.54 bits per heavy atom. The van der Waals surface area contributed by atoms with Crippen LogP contribution >= 0.6 is 24.2 Å². The summed E-state index contributed by atoms with van der Waals surface area (Å²) in [5, 5.41) is 8.77. The molecule has 0 saturated heterocycles. The molecule has 0 spiro atoms. The Balaban J connectivity index is 0.00000144. The van der Waals surface area contributed by atoms with E-state index in [0.29, 0.717) is 12.1 Å². The first-order valence-corrected chi connectivity index (χ1v) is 4.81. The molecule has 0 bridgehead atoms. The summed E-state index contributed by atoms with van der Waals surface area (Å²) in [6, 6.07) is 7.87. The molecule has 0 heterocycles. The minimum Gasteiger partial charge on any atom is -0.326 e. The molecule has 0 radical (unpaired) electrons. The third kappa shape index (κ3) is 2.92. The molecule has 0 aliphatic rings. The zero-order valence-electron chi connectivity index (χ0n) is 7.28. The van der Waals surface area contributed by atoms with Crippen LogP contribution in [0, 0.1) is 11.3 Å². The van der Waals surface area contributed by atoms with Crippen molar-refractivity contribution in [3.8, 4) is 6.07 Å². The monoisotopic (exact) mass is 214 g/mol. The Morgan fingerprint density at radius 3 is 2.69 bits per heavy atom. The number of rotatable bonds is 2. The van der Waals surface area contributed by atoms with Crippen LogP contribution < -0.4 is 5.73 Å². The molecular formula is C9H11ClN2S. The summed E-state index contributed by atoms with van der Waals surface area (Å²) < 4.78 is 0. The van der Waals surface area contributed by atoms with Crippen molar-refractivity contribution in [2.75, 3.05) is 6.26 Å². The van der Waals surface area contributed by atoms with Crippen molar-refractivity contribution < 1.29 is 0 Å². The van der Waals surface area contributed by atoms with Crippen LogP contribution in [0.25, 0.3) is 0 Å². The number of hydrogen-bond acceptors (Lipinski definition) is 3. The molecule has 70 valence electrons. The highest BCUT2D eigenvalue weighted by atomic mass is 35.5. The fraction of sp³-hybridized carbons (Fsp3) is 0.222. The van der Waals surface area contributed by atoms with Gasteiger partial charge in [0.2, 0.25) is 0 Å². The number of nitrogens with two attached hydrogens (primary N) is 1. The van der Waals surface area contributed by atoms with Crippen LogP contribution in [0.3, 0.4) is 0 Å². The van der Waals surface area contributed by atoms with Gasteiger partial charge >= 0.3 is 0 Å². The minimum atomic E-state index is 0. The topological polar surface area (TPSA) is 49.8 Å². The smallest absolute Gasteiger partial charge is 0.100 e. The van der Waals surface area contributed by atoms with Crippen LogP contribution in [-0.2, 0) is 6.54 Å². The van der Waals surface area contributed by atoms with Crippen LogP contribution in [0.5, 0.6) is 0 Å². The molecule has 0 fully saturated rings. The number of nitrogens with zero attached hydrogens (tertiary/aromatic N) is 1. The second-order valence-corrected chi connectivity index (χ2v) is 3.20. The van der Waals surface area contributed by atoms with E-state index >= 15 is 0 Å². The first-order chi connectivity index (χ1) is 5.81. The molecule has 4 heteroatoms. The van der Waals surface area contributed by atoms with E-state index in [1.807, 2.05) is 24.5 Å². The number of hydrogen-bond donors (Lipinski definition) is 1. The lowest BCUT2D eigenvalue weighted by Crippen LogP contribution is -1.96. The average molecular weight is 215 g/mol. The minimum absolute atomic E-state index is 0. The van der Waals surface area contributed by atoms with Crippen molar-refractivity contribution >= 4 is 24.2 Å². The lowest BCUT2D eigenvalue weighted by atomic mass is 10.1. The molecule has 2 N–H and O–H groups in total. The fourth-order valence-electron chi connectivity index (χ4n) is 0.969. The Labute approximate surface area is 88.5 Å². The molecule has 0 unspecified atom stereocenters. The van der Waals surface area contributed by atoms with Crippen LogP contribution in [0.2, 0.25) is 0 Å². The maximum Gasteiger partial charge on any atom is 0.100 e. The summed E-state index contributed by atoms with van der Waals surface area (Å²) in [4.78, 5) is 1.01. The number of benzene rings is 1. The van der Waals surface area contributed by atoms with Crippen molar-refractivity contribution in [3.05, 3.63) is 29.3 Å². The van der Waals surface area contributed by atoms with Crippen LogP contribution in [-0.4, -0.2) is 6.26 Å². The van der Waals surface area contributed by atoms with Gasteiger partial charge in [0, 0.05) is 11.4 Å². The van der Waals surface area contributed by atoms with Crippen LogP contribution in [0.1, 0.15) is 11.1 Å². The number of thioether (sulfide) groups is 1. The predicted octanol–water partition coefficient (Wildman–Crippen LogP) is 2.16. The van der Waals surface area contributed by atoms with Gasteiger partial charge in [0.05, 0.1) is 5.56 Å². The molecule has 2 nitrogen and oxygen atoms in total. The largest absolute Gasteiger partial charge is 0.326 e. The average Bonchev–Trinajstić information content (AvgIpc) is 2.16. The quantitative estimate of drug-likeness (QED) is 0.768. The van der Waals surface area contributed by atoms with E-state index in [1.54, 1.807) is 11.8 Å². The third-order valence-corrected chi connectivity index (χ3v) is 2.42. The molecule has 0 amide bonds. The van der Waals surface area contributed by atoms with E-state index in [2.05, 4.69) is 6.07 Å². The molecule has 0 aromatic heterocycles. The SMILES string of the molecule is CSc1ccc(CN)cc1C#N.Cl. The van der Waals surface area contributed by atoms with E-state index in [0.717, 1.165) is 10.5 Å². The van der Waals surface area contributed by atoms with Gasteiger partial charge in [-0.15, -0.1) is 24.2 Å². The van der Waals surface area contributed by atoms with Crippen molar-refractivity contribution in [2.45, 2.75) is 11.4 Å². The van der Waals surface area contributed by atoms with Crippen molar-refractivity contribution in [3.63, 3.8) is 0 Å². The van der Waals surface area contributed by atoms with E-state index < -0.39 is 0 Å². The van der Waals surface area contributed by atoms with Gasteiger partial charge in [0.15, 0.2) is 0 Å². The number of halogens is 1. The van der Waals surface area contributed by atoms with Gasteiger partial charge < -0.3 is 5.73 Å². The van der Waals surface area contributed by atoms with Gasteiger partial charge in [-0.3, -0.25) is 0 Å². The van der Waals surface area contributed by atoms with Gasteiger partial charge in [-0.25, -0.2) is 0 Å². The Kier molecular flexibility index (Phi) is 5.56. The zero-order chi connectivity index (χ0) is 8.97. The summed E-state index contributed by atoms with van der Waals surface area (Å²) in [5.74, 6) is 0. The second-order valence-electron chi connectivity index (χ2n) is 2.35. The highest BCUT2D eigenvalue weighted by Crippen LogP contribution is 2.20. The van der Waals surface area contributed by atoms with Crippen molar-refractivity contribution in [1.82, 2.24) is 0 Å². The standard InChI is InChI=1S/C9H10N2S.ClH/c1-12-9-3-2-7(5-10)4-8(9)6-11;/h2-4H,5,10H2,1H3;1H. The first kappa shape index (κ1) is 12.3. The van der Waals surface area contributed by atoms with Gasteiger partial charge in [0.25, 0.3) is 0 Å². The van der Waals surface area contributed by atoms with E-state index in [-0.39, 0.29) is 12.4 Å². The normalized spacial score (nSPS) is 8.69. The highest BCUT2D eigenvalue weighted by molar-refractivity contribution is 7.98. The number of nitriles is 1. The molecule has 1 aromatic carbocycles. The summed E-state index contributed by atoms with van der Waals surface area (Å²) in [6.45, 7) is 0.489. The Hall–Kier alpha value is -0.690. The molecule has 0 atom stereocenters. The summed E-state index contributed by atoms with van der Waals surface area (Å²) in [5.41, 5.74) is 7.17. The molecule has 0 aliphatic heterocycles. The molecular weight excluding hydrogens is 204 g/mol. The fourth-order valence-corrected chi connectivity index (χ4v) is 1.50. The summed E-state index contributed by atoms with van der Waals surface area (Å²) in [7, 11) is 0. The lowest BCUT2D eigenvalue weighted by molar-refractivity contribution is 1.06. The Morgan fingerprint density at radius 2 is 2.23 bits per heavy atom. The zero-order valence-corrected chi connectivity index (χ0v) is 8.91. The predicted molar refractivity (Wildman–Crippen MR) is 58.1 cm³/mol. The van der Waals surface area contributed by atoms with E-state index in [1.165, 1.54) is 0 Å². The molecule has 1 rings (SSSR count). The van der Waals surface area contributed by atoms with Crippen LogP contribution in [0.15, 0.2) is 23.1 Å². The lowest BCUT2D eigenvalue weighted by Gasteiger charge is -2.01. The van der Waals surface area contributed by atoms with Gasteiger partial charge in [0.1, 0.15) is 6.07 Å².